The number of anilines is 2. The number of rotatable bonds is 11. The molecule has 5 rings (SSSR count). The van der Waals surface area contributed by atoms with Gasteiger partial charge in [-0.05, 0) is 48.4 Å². The summed E-state index contributed by atoms with van der Waals surface area (Å²) < 4.78 is 20.0. The molecule has 4 aromatic carbocycles. The fourth-order valence-electron chi connectivity index (χ4n) is 4.58. The van der Waals surface area contributed by atoms with Crippen molar-refractivity contribution in [1.82, 2.24) is 15.2 Å². The second kappa shape index (κ2) is 13.7. The normalized spacial score (nSPS) is 11.3. The predicted molar refractivity (Wildman–Crippen MR) is 169 cm³/mol. The maximum Gasteiger partial charge on any atom is 0.341 e. The molecular weight excluding hydrogens is 613 g/mol. The Balaban J connectivity index is 1.26. The molecule has 0 radical (unpaired) electrons. The Hall–Kier alpha value is -6.38. The molecule has 1 heterocycles. The van der Waals surface area contributed by atoms with Crippen molar-refractivity contribution in [3.05, 3.63) is 138 Å². The van der Waals surface area contributed by atoms with Crippen LogP contribution in [0.25, 0.3) is 10.8 Å². The lowest BCUT2D eigenvalue weighted by molar-refractivity contribution is -0.695. The molecule has 14 nitrogen and oxygen atoms in total. The van der Waals surface area contributed by atoms with E-state index in [0.29, 0.717) is 38.8 Å². The van der Waals surface area contributed by atoms with Gasteiger partial charge < -0.3 is 20.1 Å². The van der Waals surface area contributed by atoms with Gasteiger partial charge in [0.2, 0.25) is 5.28 Å². The van der Waals surface area contributed by atoms with Crippen LogP contribution in [0.1, 0.15) is 32.7 Å². The van der Waals surface area contributed by atoms with Crippen molar-refractivity contribution in [3.8, 4) is 5.75 Å². The minimum absolute atomic E-state index is 0.0905. The van der Waals surface area contributed by atoms with Gasteiger partial charge in [-0.1, -0.05) is 36.4 Å². The van der Waals surface area contributed by atoms with Crippen molar-refractivity contribution in [1.29, 1.82) is 0 Å². The molecule has 0 saturated heterocycles. The number of hydrogen-bond donors (Lipinski definition) is 2. The highest BCUT2D eigenvalue weighted by Crippen LogP contribution is 2.34. The number of nitro benzene ring substituents is 1. The van der Waals surface area contributed by atoms with Crippen molar-refractivity contribution in [2.75, 3.05) is 19.4 Å². The Morgan fingerprint density at radius 3 is 2.43 bits per heavy atom. The third-order valence-corrected chi connectivity index (χ3v) is 7.04. The zero-order valence-corrected chi connectivity index (χ0v) is 25.4. The number of esters is 1. The van der Waals surface area contributed by atoms with Crippen LogP contribution in [-0.2, 0) is 17.8 Å². The summed E-state index contributed by atoms with van der Waals surface area (Å²) >= 11 is 0. The smallest absolute Gasteiger partial charge is 0.341 e. The van der Waals surface area contributed by atoms with Gasteiger partial charge in [-0.2, -0.15) is 10.1 Å². The van der Waals surface area contributed by atoms with Gasteiger partial charge in [0.15, 0.2) is 5.75 Å². The van der Waals surface area contributed by atoms with Gasteiger partial charge in [0.05, 0.1) is 40.6 Å². The van der Waals surface area contributed by atoms with E-state index < -0.39 is 16.7 Å². The van der Waals surface area contributed by atoms with Gasteiger partial charge >= 0.3 is 5.97 Å². The molecule has 2 N–H and O–H groups in total. The van der Waals surface area contributed by atoms with Gasteiger partial charge in [0.25, 0.3) is 11.2 Å². The summed E-state index contributed by atoms with van der Waals surface area (Å²) in [5.41, 5.74) is 1.87. The molecule has 0 unspecified atom stereocenters. The first-order valence-electron chi connectivity index (χ1n) is 14.1. The van der Waals surface area contributed by atoms with Crippen LogP contribution in [0.4, 0.5) is 21.5 Å². The van der Waals surface area contributed by atoms with Crippen molar-refractivity contribution in [2.24, 2.45) is 5.28 Å². The topological polar surface area (TPSA) is 178 Å². The van der Waals surface area contributed by atoms with Crippen molar-refractivity contribution < 1.29 is 28.7 Å². The van der Waals surface area contributed by atoms with Crippen LogP contribution in [0, 0.1) is 28.1 Å². The molecule has 5 aromatic rings. The number of nitrogens with one attached hydrogen (secondary N) is 2. The summed E-state index contributed by atoms with van der Waals surface area (Å²) in [5, 5.41) is 38.6. The molecule has 0 saturated carbocycles. The Labute approximate surface area is 266 Å². The number of hydrogen-bond acceptors (Lipinski definition) is 10. The first-order valence-corrected chi connectivity index (χ1v) is 14.1. The number of nitro groups is 1. The van der Waals surface area contributed by atoms with E-state index in [4.69, 9.17) is 9.57 Å². The standard InChI is InChI=1S/C32H28FN7O7/c1-19-14-29(39(43)44)28(17-30(19)47-37-40(45)38(2)3)34-22-11-8-20(9-12-22)18-46-32(42)25-15-21(10-13-26(25)33)16-27-23-6-4-5-7-24(23)31(41)36-35-27/h4-15,17,34H,16,18H2,1-3H3,(H,36,41)/b40-37-. The van der Waals surface area contributed by atoms with E-state index in [1.165, 1.54) is 44.4 Å². The van der Waals surface area contributed by atoms with Crippen LogP contribution >= 0.6 is 0 Å². The van der Waals surface area contributed by atoms with Gasteiger partial charge in [0, 0.05) is 35.2 Å². The number of benzene rings is 4. The number of aryl methyl sites for hydroxylation is 1. The first kappa shape index (κ1) is 32.0. The van der Waals surface area contributed by atoms with E-state index >= 15 is 0 Å². The summed E-state index contributed by atoms with van der Waals surface area (Å²) in [6.45, 7) is 1.41. The van der Waals surface area contributed by atoms with Crippen LogP contribution in [0.5, 0.6) is 5.75 Å². The van der Waals surface area contributed by atoms with Crippen molar-refractivity contribution in [3.63, 3.8) is 0 Å². The molecule has 0 aliphatic carbocycles. The second-order valence-corrected chi connectivity index (χ2v) is 10.6. The number of aromatic nitrogens is 2. The average molecular weight is 642 g/mol. The van der Waals surface area contributed by atoms with Crippen LogP contribution < -0.4 is 15.7 Å². The molecule has 240 valence electrons. The summed E-state index contributed by atoms with van der Waals surface area (Å²) in [6, 6.07) is 20.2. The summed E-state index contributed by atoms with van der Waals surface area (Å²) in [7, 11) is 2.93. The average Bonchev–Trinajstić information content (AvgIpc) is 3.06. The zero-order chi connectivity index (χ0) is 33.7. The van der Waals surface area contributed by atoms with Gasteiger partial charge in [0.1, 0.15) is 18.1 Å². The van der Waals surface area contributed by atoms with Gasteiger partial charge in [-0.3, -0.25) is 14.9 Å². The highest BCUT2D eigenvalue weighted by molar-refractivity contribution is 5.90. The molecule has 0 aliphatic heterocycles. The molecule has 47 heavy (non-hydrogen) atoms. The van der Waals surface area contributed by atoms with Crippen LogP contribution in [-0.4, -0.2) is 45.2 Å². The van der Waals surface area contributed by atoms with E-state index in [0.717, 1.165) is 5.01 Å². The highest BCUT2D eigenvalue weighted by atomic mass is 19.1. The van der Waals surface area contributed by atoms with E-state index in [1.807, 2.05) is 0 Å². The Kier molecular flexibility index (Phi) is 9.35. The van der Waals surface area contributed by atoms with Gasteiger partial charge in [-0.25, -0.2) is 14.3 Å². The summed E-state index contributed by atoms with van der Waals surface area (Å²) in [6.07, 6.45) is 0.237. The number of carbonyl (C=O) groups excluding carboxylic acids is 1. The molecule has 1 aromatic heterocycles. The number of nitrogens with zero attached hydrogens (tertiary/aromatic N) is 5. The number of halogens is 1. The summed E-state index contributed by atoms with van der Waals surface area (Å²) in [4.78, 5) is 41.5. The van der Waals surface area contributed by atoms with Gasteiger partial charge in [-0.15, -0.1) is 0 Å². The number of H-pyrrole nitrogens is 1. The molecular formula is C32H28FN7O7. The third kappa shape index (κ3) is 7.47. The van der Waals surface area contributed by atoms with Crippen LogP contribution in [0.15, 0.2) is 88.9 Å². The highest BCUT2D eigenvalue weighted by Gasteiger charge is 2.20. The molecule has 0 fully saturated rings. The Morgan fingerprint density at radius 1 is 1.02 bits per heavy atom. The zero-order valence-electron chi connectivity index (χ0n) is 25.4. The molecule has 15 heteroatoms. The lowest BCUT2D eigenvalue weighted by Gasteiger charge is -2.12. The molecule has 0 aliphatic rings. The minimum atomic E-state index is -0.870. The van der Waals surface area contributed by atoms with Crippen LogP contribution in [0.3, 0.4) is 0 Å². The van der Waals surface area contributed by atoms with Crippen LogP contribution in [0.2, 0.25) is 0 Å². The van der Waals surface area contributed by atoms with Crippen molar-refractivity contribution in [2.45, 2.75) is 20.0 Å². The monoisotopic (exact) mass is 641 g/mol. The van der Waals surface area contributed by atoms with E-state index in [-0.39, 0.29) is 46.2 Å². The minimum Gasteiger partial charge on any atom is -0.569 e. The SMILES string of the molecule is Cc1cc([N+](=O)[O-])c(Nc2ccc(COC(=O)c3cc(Cc4n[nH]c(=O)c5ccccc45)ccc3F)cc2)cc1O/N=[N+](\[O-])N(C)C. The number of aromatic amines is 1. The fraction of sp³-hybridized carbons (Fsp3) is 0.156. The number of hydrazine groups is 1. The quantitative estimate of drug-likeness (QED) is 0.0597. The number of carbonyl (C=O) groups is 1. The van der Waals surface area contributed by atoms with Crippen molar-refractivity contribution >= 4 is 33.8 Å². The fourth-order valence-corrected chi connectivity index (χ4v) is 4.58. The lowest BCUT2D eigenvalue weighted by Crippen LogP contribution is -2.21. The molecule has 0 atom stereocenters. The third-order valence-electron chi connectivity index (χ3n) is 7.04. The van der Waals surface area contributed by atoms with E-state index in [1.54, 1.807) is 55.5 Å². The first-order chi connectivity index (χ1) is 22.5. The maximum absolute atomic E-state index is 14.7. The molecule has 0 amide bonds. The Bertz CT molecular complexity index is 2060. The Morgan fingerprint density at radius 2 is 1.72 bits per heavy atom. The predicted octanol–water partition coefficient (Wildman–Crippen LogP) is 5.70. The molecule has 0 bridgehead atoms. The van der Waals surface area contributed by atoms with E-state index in [9.17, 15) is 29.3 Å². The molecule has 0 spiro atoms. The maximum atomic E-state index is 14.7. The lowest BCUT2D eigenvalue weighted by atomic mass is 10.0. The largest absolute Gasteiger partial charge is 0.569 e. The number of fused-ring (bicyclic) bond motifs is 1. The number of ether oxygens (including phenoxy) is 1. The summed E-state index contributed by atoms with van der Waals surface area (Å²) in [5.74, 6) is -1.49. The van der Waals surface area contributed by atoms with E-state index in [2.05, 4.69) is 20.8 Å². The second-order valence-electron chi connectivity index (χ2n) is 10.6.